The van der Waals surface area contributed by atoms with Crippen molar-refractivity contribution < 1.29 is 28.8 Å². The summed E-state index contributed by atoms with van der Waals surface area (Å²) in [5.41, 5.74) is 1.31. The Bertz CT molecular complexity index is 741. The van der Waals surface area contributed by atoms with E-state index in [0.29, 0.717) is 34.1 Å². The molecule has 0 radical (unpaired) electrons. The number of carbonyl (C=O) groups is 1. The van der Waals surface area contributed by atoms with Crippen LogP contribution >= 0.6 is 0 Å². The number of ether oxygens (including phenoxy) is 4. The molecule has 0 aromatic heterocycles. The van der Waals surface area contributed by atoms with Gasteiger partial charge in [-0.15, -0.1) is 0 Å². The van der Waals surface area contributed by atoms with Crippen LogP contribution in [0.15, 0.2) is 36.4 Å². The molecule has 134 valence electrons. The Kier molecular flexibility index (Phi) is 6.11. The van der Waals surface area contributed by atoms with Crippen molar-refractivity contribution in [2.75, 3.05) is 28.4 Å². The Balaban J connectivity index is 2.48. The first-order chi connectivity index (χ1) is 12.0. The highest BCUT2D eigenvalue weighted by atomic mass is 16.5. The van der Waals surface area contributed by atoms with Gasteiger partial charge < -0.3 is 24.1 Å². The van der Waals surface area contributed by atoms with Crippen LogP contribution in [0.1, 0.15) is 17.0 Å². The quantitative estimate of drug-likeness (QED) is 0.791. The number of hydrogen-bond donors (Lipinski definition) is 1. The summed E-state index contributed by atoms with van der Waals surface area (Å²) in [5, 5.41) is 9.75. The van der Waals surface area contributed by atoms with Gasteiger partial charge in [0.25, 0.3) is 0 Å². The van der Waals surface area contributed by atoms with Crippen LogP contribution < -0.4 is 18.9 Å². The molecule has 1 unspecified atom stereocenters. The standard InChI is InChI=1S/C19H22O6/c1-22-15-8-6-5-7-13(15)14(19(20)21)9-12-10-17(24-3)18(25-4)11-16(12)23-2/h5-8,10-11,14H,9H2,1-4H3,(H,20,21). The lowest BCUT2D eigenvalue weighted by molar-refractivity contribution is -0.138. The minimum Gasteiger partial charge on any atom is -0.496 e. The van der Waals surface area contributed by atoms with Gasteiger partial charge in [0.2, 0.25) is 0 Å². The molecule has 0 saturated carbocycles. The van der Waals surface area contributed by atoms with Gasteiger partial charge in [0.05, 0.1) is 34.4 Å². The van der Waals surface area contributed by atoms with Crippen molar-refractivity contribution in [1.29, 1.82) is 0 Å². The lowest BCUT2D eigenvalue weighted by Crippen LogP contribution is -2.16. The maximum Gasteiger partial charge on any atom is 0.311 e. The topological polar surface area (TPSA) is 74.2 Å². The molecular formula is C19H22O6. The molecule has 0 spiro atoms. The Hall–Kier alpha value is -2.89. The average Bonchev–Trinajstić information content (AvgIpc) is 2.65. The van der Waals surface area contributed by atoms with Gasteiger partial charge in [-0.1, -0.05) is 18.2 Å². The fourth-order valence-corrected chi connectivity index (χ4v) is 2.76. The molecule has 0 aliphatic carbocycles. The second-order valence-electron chi connectivity index (χ2n) is 5.36. The Morgan fingerprint density at radius 2 is 1.44 bits per heavy atom. The number of aliphatic carboxylic acids is 1. The predicted molar refractivity (Wildman–Crippen MR) is 93.2 cm³/mol. The van der Waals surface area contributed by atoms with Crippen molar-refractivity contribution >= 4 is 5.97 Å². The SMILES string of the molecule is COc1cc(OC)c(OC)cc1CC(C(=O)O)c1ccccc1OC. The van der Waals surface area contributed by atoms with Crippen LogP contribution in [0.2, 0.25) is 0 Å². The van der Waals surface area contributed by atoms with Crippen molar-refractivity contribution in [3.63, 3.8) is 0 Å². The van der Waals surface area contributed by atoms with Gasteiger partial charge in [0.1, 0.15) is 11.5 Å². The first-order valence-electron chi connectivity index (χ1n) is 7.70. The van der Waals surface area contributed by atoms with Gasteiger partial charge in [-0.05, 0) is 24.1 Å². The van der Waals surface area contributed by atoms with E-state index in [4.69, 9.17) is 18.9 Å². The van der Waals surface area contributed by atoms with Crippen LogP contribution in [0.3, 0.4) is 0 Å². The lowest BCUT2D eigenvalue weighted by atomic mass is 9.90. The van der Waals surface area contributed by atoms with Gasteiger partial charge in [0, 0.05) is 11.6 Å². The number of hydrogen-bond acceptors (Lipinski definition) is 5. The Morgan fingerprint density at radius 1 is 0.880 bits per heavy atom. The van der Waals surface area contributed by atoms with Crippen LogP contribution in [-0.2, 0) is 11.2 Å². The highest BCUT2D eigenvalue weighted by Gasteiger charge is 2.26. The minimum atomic E-state index is -0.943. The summed E-state index contributed by atoms with van der Waals surface area (Å²) < 4.78 is 21.3. The smallest absolute Gasteiger partial charge is 0.311 e. The molecule has 2 aromatic carbocycles. The summed E-state index contributed by atoms with van der Waals surface area (Å²) in [6.07, 6.45) is 0.221. The van der Waals surface area contributed by atoms with Crippen LogP contribution in [-0.4, -0.2) is 39.5 Å². The first kappa shape index (κ1) is 18.4. The van der Waals surface area contributed by atoms with E-state index < -0.39 is 11.9 Å². The van der Waals surface area contributed by atoms with Gasteiger partial charge in [0.15, 0.2) is 11.5 Å². The van der Waals surface area contributed by atoms with Crippen LogP contribution in [0, 0.1) is 0 Å². The highest BCUT2D eigenvalue weighted by molar-refractivity contribution is 5.78. The summed E-state index contributed by atoms with van der Waals surface area (Å²) in [4.78, 5) is 11.9. The summed E-state index contributed by atoms with van der Waals surface area (Å²) in [7, 11) is 6.12. The van der Waals surface area contributed by atoms with Crippen molar-refractivity contribution in [2.45, 2.75) is 12.3 Å². The largest absolute Gasteiger partial charge is 0.496 e. The third-order valence-corrected chi connectivity index (χ3v) is 4.02. The molecule has 6 heteroatoms. The minimum absolute atomic E-state index is 0.221. The third-order valence-electron chi connectivity index (χ3n) is 4.02. The summed E-state index contributed by atoms with van der Waals surface area (Å²) in [6.45, 7) is 0. The molecule has 0 amide bonds. The van der Waals surface area contributed by atoms with Gasteiger partial charge in [-0.25, -0.2) is 0 Å². The molecule has 0 aliphatic heterocycles. The van der Waals surface area contributed by atoms with Crippen molar-refractivity contribution in [2.24, 2.45) is 0 Å². The van der Waals surface area contributed by atoms with E-state index in [0.717, 1.165) is 0 Å². The van der Waals surface area contributed by atoms with Crippen molar-refractivity contribution in [3.05, 3.63) is 47.5 Å². The third kappa shape index (κ3) is 3.96. The predicted octanol–water partition coefficient (Wildman–Crippen LogP) is 3.13. The van der Waals surface area contributed by atoms with E-state index in [9.17, 15) is 9.90 Å². The Labute approximate surface area is 146 Å². The molecule has 25 heavy (non-hydrogen) atoms. The molecule has 6 nitrogen and oxygen atoms in total. The fourth-order valence-electron chi connectivity index (χ4n) is 2.76. The highest BCUT2D eigenvalue weighted by Crippen LogP contribution is 2.38. The molecule has 2 rings (SSSR count). The summed E-state index contributed by atoms with van der Waals surface area (Å²) in [5.74, 6) is 0.382. The molecule has 2 aromatic rings. The zero-order valence-electron chi connectivity index (χ0n) is 14.7. The van der Waals surface area contributed by atoms with E-state index in [2.05, 4.69) is 0 Å². The van der Waals surface area contributed by atoms with E-state index in [1.807, 2.05) is 0 Å². The molecule has 0 bridgehead atoms. The van der Waals surface area contributed by atoms with Gasteiger partial charge in [-0.3, -0.25) is 4.79 Å². The maximum absolute atomic E-state index is 11.9. The molecule has 0 fully saturated rings. The molecule has 0 saturated heterocycles. The van der Waals surface area contributed by atoms with Crippen LogP contribution in [0.25, 0.3) is 0 Å². The normalized spacial score (nSPS) is 11.5. The van der Waals surface area contributed by atoms with E-state index in [1.54, 1.807) is 36.4 Å². The average molecular weight is 346 g/mol. The number of carboxylic acids is 1. The van der Waals surface area contributed by atoms with Crippen LogP contribution in [0.5, 0.6) is 23.0 Å². The van der Waals surface area contributed by atoms with Crippen molar-refractivity contribution in [1.82, 2.24) is 0 Å². The second kappa shape index (κ2) is 8.28. The number of benzene rings is 2. The number of para-hydroxylation sites is 1. The van der Waals surface area contributed by atoms with E-state index in [1.165, 1.54) is 28.4 Å². The monoisotopic (exact) mass is 346 g/mol. The van der Waals surface area contributed by atoms with Gasteiger partial charge >= 0.3 is 5.97 Å². The molecular weight excluding hydrogens is 324 g/mol. The fraction of sp³-hybridized carbons (Fsp3) is 0.316. The summed E-state index contributed by atoms with van der Waals surface area (Å²) >= 11 is 0. The number of carboxylic acid groups (broad SMARTS) is 1. The zero-order chi connectivity index (χ0) is 18.4. The number of rotatable bonds is 8. The van der Waals surface area contributed by atoms with E-state index in [-0.39, 0.29) is 6.42 Å². The van der Waals surface area contributed by atoms with Gasteiger partial charge in [-0.2, -0.15) is 0 Å². The Morgan fingerprint density at radius 3 is 2.00 bits per heavy atom. The van der Waals surface area contributed by atoms with Crippen LogP contribution in [0.4, 0.5) is 0 Å². The molecule has 0 heterocycles. The van der Waals surface area contributed by atoms with Crippen molar-refractivity contribution in [3.8, 4) is 23.0 Å². The maximum atomic E-state index is 11.9. The number of methoxy groups -OCH3 is 4. The molecule has 0 aliphatic rings. The lowest BCUT2D eigenvalue weighted by Gasteiger charge is -2.19. The van der Waals surface area contributed by atoms with E-state index >= 15 is 0 Å². The second-order valence-corrected chi connectivity index (χ2v) is 5.36. The first-order valence-corrected chi connectivity index (χ1v) is 7.70. The summed E-state index contributed by atoms with van der Waals surface area (Å²) in [6, 6.07) is 10.5. The molecule has 1 N–H and O–H groups in total. The zero-order valence-corrected chi connectivity index (χ0v) is 14.7. The molecule has 1 atom stereocenters.